The Morgan fingerprint density at radius 3 is 2.68 bits per heavy atom. The Bertz CT molecular complexity index is 938. The molecule has 2 heterocycles. The smallest absolute Gasteiger partial charge is 0.224 e. The third-order valence-corrected chi connectivity index (χ3v) is 6.32. The van der Waals surface area contributed by atoms with E-state index in [-0.39, 0.29) is 32.9 Å². The van der Waals surface area contributed by atoms with Crippen molar-refractivity contribution in [3.8, 4) is 0 Å². The molecular weight excluding hydrogens is 428 g/mol. The number of anilines is 2. The highest BCUT2D eigenvalue weighted by atomic mass is 35.5. The van der Waals surface area contributed by atoms with Crippen molar-refractivity contribution in [2.45, 2.75) is 18.9 Å². The molecule has 1 aliphatic rings. The van der Waals surface area contributed by atoms with E-state index >= 15 is 0 Å². The lowest BCUT2D eigenvalue weighted by Gasteiger charge is -2.30. The molecule has 150 valence electrons. The van der Waals surface area contributed by atoms with Gasteiger partial charge in [-0.1, -0.05) is 23.8 Å². The molecule has 0 bridgehead atoms. The predicted octanol–water partition coefficient (Wildman–Crippen LogP) is 2.93. The van der Waals surface area contributed by atoms with Gasteiger partial charge in [-0.05, 0) is 25.0 Å². The Hall–Kier alpha value is -1.75. The fourth-order valence-electron chi connectivity index (χ4n) is 2.95. The van der Waals surface area contributed by atoms with Gasteiger partial charge in [-0.15, -0.1) is 0 Å². The maximum absolute atomic E-state index is 14.1. The summed E-state index contributed by atoms with van der Waals surface area (Å²) in [7, 11) is -0.978. The van der Waals surface area contributed by atoms with Crippen LogP contribution in [0, 0.1) is 11.6 Å². The number of piperidine rings is 1. The van der Waals surface area contributed by atoms with E-state index in [4.69, 9.17) is 29.6 Å². The van der Waals surface area contributed by atoms with Crippen molar-refractivity contribution in [3.05, 3.63) is 46.1 Å². The van der Waals surface area contributed by atoms with Gasteiger partial charge in [0, 0.05) is 31.6 Å². The maximum atomic E-state index is 14.1. The summed E-state index contributed by atoms with van der Waals surface area (Å²) < 4.78 is 41.1. The molecule has 1 aliphatic heterocycles. The highest BCUT2D eigenvalue weighted by Crippen LogP contribution is 2.27. The zero-order valence-corrected chi connectivity index (χ0v) is 17.3. The molecule has 2 aromatic rings. The van der Waals surface area contributed by atoms with Crippen molar-refractivity contribution < 1.29 is 13.0 Å². The molecule has 1 aromatic carbocycles. The number of thiocarbonyl (C=S) groups is 1. The number of nitrogens with two attached hydrogens (primary N) is 1. The summed E-state index contributed by atoms with van der Waals surface area (Å²) in [5, 5.41) is 3.17. The summed E-state index contributed by atoms with van der Waals surface area (Å²) in [6.07, 6.45) is 4.59. The molecule has 1 aromatic heterocycles. The van der Waals surface area contributed by atoms with Gasteiger partial charge in [-0.3, -0.25) is 0 Å². The molecule has 0 radical (unpaired) electrons. The molecule has 0 aliphatic carbocycles. The van der Waals surface area contributed by atoms with Gasteiger partial charge in [-0.2, -0.15) is 4.98 Å². The topological polar surface area (TPSA) is 84.1 Å². The number of nitrogen functional groups attached to an aromatic ring is 1. The third-order valence-electron chi connectivity index (χ3n) is 4.48. The van der Waals surface area contributed by atoms with Crippen LogP contribution in [0.15, 0.2) is 18.3 Å². The van der Waals surface area contributed by atoms with E-state index in [1.807, 2.05) is 4.31 Å². The minimum Gasteiger partial charge on any atom is -0.383 e. The van der Waals surface area contributed by atoms with Crippen LogP contribution in [-0.4, -0.2) is 48.7 Å². The summed E-state index contributed by atoms with van der Waals surface area (Å²) in [5.41, 5.74) is 5.93. The first-order chi connectivity index (χ1) is 13.3. The monoisotopic (exact) mass is 445 g/mol. The predicted molar refractivity (Wildman–Crippen MR) is 111 cm³/mol. The number of aromatic nitrogens is 2. The largest absolute Gasteiger partial charge is 0.383 e. The van der Waals surface area contributed by atoms with Crippen molar-refractivity contribution >= 4 is 51.4 Å². The van der Waals surface area contributed by atoms with Crippen LogP contribution in [0.4, 0.5) is 20.5 Å². The van der Waals surface area contributed by atoms with E-state index in [1.54, 1.807) is 6.26 Å². The van der Waals surface area contributed by atoms with Crippen LogP contribution in [-0.2, 0) is 11.0 Å². The van der Waals surface area contributed by atoms with E-state index < -0.39 is 22.6 Å². The van der Waals surface area contributed by atoms with E-state index in [0.29, 0.717) is 19.0 Å². The Kier molecular flexibility index (Phi) is 6.54. The number of halogens is 3. The third kappa shape index (κ3) is 4.45. The summed E-state index contributed by atoms with van der Waals surface area (Å²) in [4.78, 5) is 8.31. The summed E-state index contributed by atoms with van der Waals surface area (Å²) in [6.45, 7) is 1.41. The van der Waals surface area contributed by atoms with Crippen LogP contribution in [0.2, 0.25) is 5.02 Å². The lowest BCUT2D eigenvalue weighted by Crippen LogP contribution is -2.39. The van der Waals surface area contributed by atoms with Crippen LogP contribution in [0.3, 0.4) is 0 Å². The molecule has 1 atom stereocenters. The average molecular weight is 446 g/mol. The minimum atomic E-state index is -1.14. The molecule has 3 N–H and O–H groups in total. The Morgan fingerprint density at radius 2 is 2.07 bits per heavy atom. The van der Waals surface area contributed by atoms with Gasteiger partial charge in [0.05, 0.1) is 32.0 Å². The lowest BCUT2D eigenvalue weighted by atomic mass is 10.1. The highest BCUT2D eigenvalue weighted by molar-refractivity contribution is 7.81. The Labute approximate surface area is 174 Å². The maximum Gasteiger partial charge on any atom is 0.224 e. The molecule has 6 nitrogen and oxygen atoms in total. The van der Waals surface area contributed by atoms with Gasteiger partial charge < -0.3 is 11.1 Å². The van der Waals surface area contributed by atoms with Crippen molar-refractivity contribution in [1.82, 2.24) is 14.3 Å². The zero-order chi connectivity index (χ0) is 20.4. The molecule has 11 heteroatoms. The quantitative estimate of drug-likeness (QED) is 0.418. The van der Waals surface area contributed by atoms with Crippen molar-refractivity contribution in [3.63, 3.8) is 0 Å². The van der Waals surface area contributed by atoms with E-state index in [1.165, 1.54) is 12.3 Å². The van der Waals surface area contributed by atoms with Crippen LogP contribution < -0.4 is 11.1 Å². The van der Waals surface area contributed by atoms with Gasteiger partial charge >= 0.3 is 0 Å². The fourth-order valence-corrected chi connectivity index (χ4v) is 4.33. The molecule has 0 spiro atoms. The van der Waals surface area contributed by atoms with Crippen molar-refractivity contribution in [2.24, 2.45) is 0 Å². The summed E-state index contributed by atoms with van der Waals surface area (Å²) in [6, 6.07) is 2.27. The molecule has 1 saturated heterocycles. The number of nitrogens with zero attached hydrogens (tertiary/aromatic N) is 3. The number of nitrogens with one attached hydrogen (secondary N) is 1. The second kappa shape index (κ2) is 8.73. The van der Waals surface area contributed by atoms with Gasteiger partial charge in [0.15, 0.2) is 11.6 Å². The van der Waals surface area contributed by atoms with E-state index in [0.717, 1.165) is 18.9 Å². The molecule has 0 saturated carbocycles. The molecule has 28 heavy (non-hydrogen) atoms. The van der Waals surface area contributed by atoms with Gasteiger partial charge in [0.2, 0.25) is 5.95 Å². The average Bonchev–Trinajstić information content (AvgIpc) is 2.65. The summed E-state index contributed by atoms with van der Waals surface area (Å²) >= 11 is 11.2. The number of hydrogen-bond acceptors (Lipinski definition) is 6. The Morgan fingerprint density at radius 1 is 1.39 bits per heavy atom. The number of benzene rings is 1. The first-order valence-corrected chi connectivity index (χ1v) is 10.7. The van der Waals surface area contributed by atoms with Crippen LogP contribution in [0.1, 0.15) is 24.0 Å². The first-order valence-electron chi connectivity index (χ1n) is 8.43. The zero-order valence-electron chi connectivity index (χ0n) is 14.9. The van der Waals surface area contributed by atoms with Crippen molar-refractivity contribution in [2.75, 3.05) is 30.4 Å². The van der Waals surface area contributed by atoms with E-state index in [9.17, 15) is 13.0 Å². The Balaban J connectivity index is 1.76. The molecule has 1 unspecified atom stereocenters. The minimum absolute atomic E-state index is 0.0226. The van der Waals surface area contributed by atoms with Crippen LogP contribution >= 0.6 is 23.8 Å². The summed E-state index contributed by atoms with van der Waals surface area (Å²) in [5.74, 6) is -1.85. The molecule has 3 rings (SSSR count). The fraction of sp³-hybridized carbons (Fsp3) is 0.353. The first kappa shape index (κ1) is 21.0. The molecule has 0 amide bonds. The number of hydrogen-bond donors (Lipinski definition) is 2. The SMILES string of the molecule is CS(=O)N1CCC(Nc2ncc(C(=S)c3c(Cl)ccc(F)c3F)c(N)n2)CC1. The molecule has 1 fully saturated rings. The molecular formula is C17H18ClF2N5OS2. The van der Waals surface area contributed by atoms with Crippen LogP contribution in [0.5, 0.6) is 0 Å². The second-order valence-electron chi connectivity index (χ2n) is 6.31. The highest BCUT2D eigenvalue weighted by Gasteiger charge is 2.23. The van der Waals surface area contributed by atoms with E-state index in [2.05, 4.69) is 15.3 Å². The van der Waals surface area contributed by atoms with Gasteiger partial charge in [0.1, 0.15) is 5.82 Å². The standard InChI is InChI=1S/C17H18ClF2N5OS2/c1-28(26)25-6-4-9(5-7-25)23-17-22-8-10(16(21)24-17)15(27)13-11(18)2-3-12(19)14(13)20/h2-3,8-9H,4-7H2,1H3,(H3,21,22,23,24). The van der Waals surface area contributed by atoms with Crippen LogP contribution in [0.25, 0.3) is 0 Å². The number of rotatable bonds is 5. The van der Waals surface area contributed by atoms with Gasteiger partial charge in [-0.25, -0.2) is 22.3 Å². The lowest BCUT2D eigenvalue weighted by molar-refractivity contribution is 0.346. The normalized spacial score (nSPS) is 16.7. The second-order valence-corrected chi connectivity index (χ2v) is 8.49. The van der Waals surface area contributed by atoms with Crippen molar-refractivity contribution in [1.29, 1.82) is 0 Å². The van der Waals surface area contributed by atoms with Gasteiger partial charge in [0.25, 0.3) is 0 Å².